The van der Waals surface area contributed by atoms with Crippen molar-refractivity contribution in [1.29, 1.82) is 0 Å². The van der Waals surface area contributed by atoms with Gasteiger partial charge >= 0.3 is 0 Å². The Bertz CT molecular complexity index is 682. The minimum atomic E-state index is -0.658. The van der Waals surface area contributed by atoms with Gasteiger partial charge in [-0.05, 0) is 24.6 Å². The number of aromatic nitrogens is 1. The number of fused-ring (bicyclic) bond motifs is 1. The van der Waals surface area contributed by atoms with Crippen LogP contribution < -0.4 is 4.90 Å². The quantitative estimate of drug-likeness (QED) is 0.791. The van der Waals surface area contributed by atoms with E-state index < -0.39 is 17.5 Å². The number of Topliss-reactive ketones (excluding diaryl/α,β-unsaturated/α-hetero) is 1. The van der Waals surface area contributed by atoms with Crippen molar-refractivity contribution >= 4 is 28.7 Å². The number of carbonyl (C=O) groups excluding carboxylic acids is 2. The minimum absolute atomic E-state index is 0.138. The summed E-state index contributed by atoms with van der Waals surface area (Å²) in [7, 11) is 0. The topological polar surface area (TPSA) is 50.3 Å². The lowest BCUT2D eigenvalue weighted by Gasteiger charge is -2.16. The SMILES string of the molecule is Cc1cc(F)cc2c1N(Cc1nccs1)C(=O)C2=O. The van der Waals surface area contributed by atoms with Gasteiger partial charge in [-0.1, -0.05) is 0 Å². The Morgan fingerprint density at radius 3 is 2.84 bits per heavy atom. The molecule has 1 amide bonds. The predicted octanol–water partition coefficient (Wildman–Crippen LogP) is 2.32. The highest BCUT2D eigenvalue weighted by molar-refractivity contribution is 7.09. The number of aryl methyl sites for hydroxylation is 1. The van der Waals surface area contributed by atoms with Crippen LogP contribution in [0.4, 0.5) is 10.1 Å². The van der Waals surface area contributed by atoms with E-state index in [0.717, 1.165) is 11.1 Å². The zero-order chi connectivity index (χ0) is 13.6. The van der Waals surface area contributed by atoms with Gasteiger partial charge in [0.1, 0.15) is 10.8 Å². The summed E-state index contributed by atoms with van der Waals surface area (Å²) in [5.41, 5.74) is 1.21. The Labute approximate surface area is 112 Å². The molecule has 0 saturated heterocycles. The lowest BCUT2D eigenvalue weighted by molar-refractivity contribution is -0.114. The largest absolute Gasteiger partial charge is 0.299 e. The molecule has 0 fully saturated rings. The van der Waals surface area contributed by atoms with Crippen molar-refractivity contribution in [2.75, 3.05) is 4.90 Å². The molecule has 2 heterocycles. The molecule has 6 heteroatoms. The number of carbonyl (C=O) groups is 2. The Balaban J connectivity index is 2.09. The molecule has 1 aliphatic rings. The maximum atomic E-state index is 13.3. The summed E-state index contributed by atoms with van der Waals surface area (Å²) in [6, 6.07) is 2.43. The first kappa shape index (κ1) is 12.0. The molecule has 96 valence electrons. The molecule has 19 heavy (non-hydrogen) atoms. The van der Waals surface area contributed by atoms with Crippen molar-refractivity contribution in [2.24, 2.45) is 0 Å². The second-order valence-electron chi connectivity index (χ2n) is 4.27. The van der Waals surface area contributed by atoms with Crippen LogP contribution in [0.15, 0.2) is 23.7 Å². The van der Waals surface area contributed by atoms with E-state index in [1.165, 1.54) is 22.3 Å². The molecule has 0 radical (unpaired) electrons. The number of ketones is 1. The fourth-order valence-corrected chi connectivity index (χ4v) is 2.83. The van der Waals surface area contributed by atoms with Gasteiger partial charge in [0, 0.05) is 11.6 Å². The zero-order valence-corrected chi connectivity index (χ0v) is 10.8. The molecule has 1 aliphatic heterocycles. The first-order chi connectivity index (χ1) is 9.08. The molecule has 4 nitrogen and oxygen atoms in total. The van der Waals surface area contributed by atoms with Crippen LogP contribution in [0.3, 0.4) is 0 Å². The smallest absolute Gasteiger partial charge is 0.298 e. The first-order valence-corrected chi connectivity index (χ1v) is 6.50. The van der Waals surface area contributed by atoms with E-state index >= 15 is 0 Å². The first-order valence-electron chi connectivity index (χ1n) is 5.62. The second-order valence-corrected chi connectivity index (χ2v) is 5.24. The molecule has 0 spiro atoms. The van der Waals surface area contributed by atoms with Gasteiger partial charge in [-0.25, -0.2) is 9.37 Å². The molecule has 0 unspecified atom stereocenters. The number of hydrogen-bond acceptors (Lipinski definition) is 4. The van der Waals surface area contributed by atoms with Gasteiger partial charge in [-0.3, -0.25) is 14.5 Å². The van der Waals surface area contributed by atoms with Gasteiger partial charge in [0.15, 0.2) is 0 Å². The van der Waals surface area contributed by atoms with Crippen molar-refractivity contribution in [3.05, 3.63) is 45.7 Å². The minimum Gasteiger partial charge on any atom is -0.298 e. The number of amides is 1. The Morgan fingerprint density at radius 1 is 1.37 bits per heavy atom. The van der Waals surface area contributed by atoms with Crippen LogP contribution in [0.2, 0.25) is 0 Å². The maximum absolute atomic E-state index is 13.3. The summed E-state index contributed by atoms with van der Waals surface area (Å²) in [5, 5.41) is 2.54. The van der Waals surface area contributed by atoms with Crippen molar-refractivity contribution in [3.63, 3.8) is 0 Å². The average Bonchev–Trinajstić information content (AvgIpc) is 2.93. The van der Waals surface area contributed by atoms with Gasteiger partial charge in [-0.2, -0.15) is 0 Å². The number of rotatable bonds is 2. The van der Waals surface area contributed by atoms with Crippen LogP contribution in [0.5, 0.6) is 0 Å². The molecule has 1 aromatic carbocycles. The number of halogens is 1. The third-order valence-electron chi connectivity index (χ3n) is 3.00. The van der Waals surface area contributed by atoms with Crippen LogP contribution in [-0.2, 0) is 11.3 Å². The summed E-state index contributed by atoms with van der Waals surface area (Å²) in [6.07, 6.45) is 1.64. The normalized spacial score (nSPS) is 14.1. The van der Waals surface area contributed by atoms with Crippen LogP contribution in [0, 0.1) is 12.7 Å². The van der Waals surface area contributed by atoms with Crippen molar-refractivity contribution in [2.45, 2.75) is 13.5 Å². The van der Waals surface area contributed by atoms with Crippen LogP contribution in [0.25, 0.3) is 0 Å². The van der Waals surface area contributed by atoms with E-state index in [2.05, 4.69) is 4.98 Å². The Morgan fingerprint density at radius 2 is 2.16 bits per heavy atom. The fourth-order valence-electron chi connectivity index (χ4n) is 2.22. The molecule has 2 aromatic rings. The Hall–Kier alpha value is -2.08. The number of benzene rings is 1. The van der Waals surface area contributed by atoms with Gasteiger partial charge in [0.05, 0.1) is 17.8 Å². The van der Waals surface area contributed by atoms with Crippen molar-refractivity contribution in [3.8, 4) is 0 Å². The molecular formula is C13H9FN2O2S. The van der Waals surface area contributed by atoms with E-state index in [4.69, 9.17) is 0 Å². The average molecular weight is 276 g/mol. The summed E-state index contributed by atoms with van der Waals surface area (Å²) in [5.74, 6) is -1.79. The van der Waals surface area contributed by atoms with Gasteiger partial charge in [0.25, 0.3) is 11.7 Å². The van der Waals surface area contributed by atoms with Crippen molar-refractivity contribution < 1.29 is 14.0 Å². The predicted molar refractivity (Wildman–Crippen MR) is 68.8 cm³/mol. The molecular weight excluding hydrogens is 267 g/mol. The lowest BCUT2D eigenvalue weighted by Crippen LogP contribution is -2.29. The van der Waals surface area contributed by atoms with E-state index in [1.54, 1.807) is 18.5 Å². The highest BCUT2D eigenvalue weighted by Crippen LogP contribution is 2.34. The zero-order valence-electron chi connectivity index (χ0n) is 10.0. The van der Waals surface area contributed by atoms with Crippen LogP contribution >= 0.6 is 11.3 Å². The summed E-state index contributed by atoms with van der Waals surface area (Å²) in [6.45, 7) is 1.92. The van der Waals surface area contributed by atoms with E-state index in [-0.39, 0.29) is 12.1 Å². The standard InChI is InChI=1S/C13H9FN2O2S/c1-7-4-8(14)5-9-11(7)16(13(18)12(9)17)6-10-15-2-3-19-10/h2-5H,6H2,1H3. The van der Waals surface area contributed by atoms with Crippen LogP contribution in [0.1, 0.15) is 20.9 Å². The van der Waals surface area contributed by atoms with E-state index in [9.17, 15) is 14.0 Å². The number of nitrogens with zero attached hydrogens (tertiary/aromatic N) is 2. The van der Waals surface area contributed by atoms with Gasteiger partial charge in [0.2, 0.25) is 0 Å². The number of thiazole rings is 1. The Kier molecular flexibility index (Phi) is 2.67. The number of anilines is 1. The summed E-state index contributed by atoms with van der Waals surface area (Å²) < 4.78 is 13.3. The molecule has 0 saturated carbocycles. The molecule has 3 rings (SSSR count). The fraction of sp³-hybridized carbons (Fsp3) is 0.154. The van der Waals surface area contributed by atoms with Gasteiger partial charge in [-0.15, -0.1) is 11.3 Å². The second kappa shape index (κ2) is 4.24. The molecule has 0 N–H and O–H groups in total. The van der Waals surface area contributed by atoms with Crippen LogP contribution in [-0.4, -0.2) is 16.7 Å². The molecule has 0 bridgehead atoms. The summed E-state index contributed by atoms with van der Waals surface area (Å²) >= 11 is 1.41. The third kappa shape index (κ3) is 1.84. The number of hydrogen-bond donors (Lipinski definition) is 0. The monoisotopic (exact) mass is 276 g/mol. The van der Waals surface area contributed by atoms with E-state index in [0.29, 0.717) is 11.3 Å². The molecule has 0 atom stereocenters. The maximum Gasteiger partial charge on any atom is 0.299 e. The molecule has 0 aliphatic carbocycles. The third-order valence-corrected chi connectivity index (χ3v) is 3.76. The highest BCUT2D eigenvalue weighted by Gasteiger charge is 2.37. The molecule has 1 aromatic heterocycles. The highest BCUT2D eigenvalue weighted by atomic mass is 32.1. The van der Waals surface area contributed by atoms with Gasteiger partial charge < -0.3 is 0 Å². The summed E-state index contributed by atoms with van der Waals surface area (Å²) in [4.78, 5) is 29.3. The van der Waals surface area contributed by atoms with Crippen molar-refractivity contribution in [1.82, 2.24) is 4.98 Å². The lowest BCUT2D eigenvalue weighted by atomic mass is 10.1. The van der Waals surface area contributed by atoms with E-state index in [1.807, 2.05) is 0 Å².